The molecule has 0 saturated heterocycles. The maximum atomic E-state index is 11.4. The van der Waals surface area contributed by atoms with Crippen LogP contribution in [-0.4, -0.2) is 22.1 Å². The van der Waals surface area contributed by atoms with Crippen LogP contribution in [0.2, 0.25) is 0 Å². The van der Waals surface area contributed by atoms with Crippen LogP contribution in [0.4, 0.5) is 0 Å². The van der Waals surface area contributed by atoms with Gasteiger partial charge in [0.15, 0.2) is 5.78 Å². The topological polar surface area (TPSA) is 65.1 Å². The second-order valence-corrected chi connectivity index (χ2v) is 3.66. The normalized spacial score (nSPS) is 10.3. The molecule has 0 atom stereocenters. The number of amides is 1. The molecular weight excluding hydrogens is 216 g/mol. The van der Waals surface area contributed by atoms with Crippen LogP contribution < -0.4 is 5.73 Å². The summed E-state index contributed by atoms with van der Waals surface area (Å²) in [5, 5.41) is 0. The predicted octanol–water partition coefficient (Wildman–Crippen LogP) is 1.01. The molecule has 0 saturated carbocycles. The van der Waals surface area contributed by atoms with Gasteiger partial charge in [-0.05, 0) is 19.9 Å². The van der Waals surface area contributed by atoms with Gasteiger partial charge in [0.1, 0.15) is 6.54 Å². The first-order chi connectivity index (χ1) is 6.97. The fourth-order valence-corrected chi connectivity index (χ4v) is 1.70. The summed E-state index contributed by atoms with van der Waals surface area (Å²) in [6, 6.07) is 1.73. The molecule has 2 N–H and O–H groups in total. The van der Waals surface area contributed by atoms with Crippen LogP contribution in [0.15, 0.2) is 6.07 Å². The molecule has 0 aromatic carbocycles. The van der Waals surface area contributed by atoms with E-state index in [9.17, 15) is 9.59 Å². The van der Waals surface area contributed by atoms with E-state index in [1.54, 1.807) is 17.6 Å². The number of aryl methyl sites for hydroxylation is 1. The lowest BCUT2D eigenvalue weighted by Gasteiger charge is -2.06. The summed E-state index contributed by atoms with van der Waals surface area (Å²) in [5.41, 5.74) is 7.23. The molecule has 1 aromatic heterocycles. The molecule has 5 heteroatoms. The maximum Gasteiger partial charge on any atom is 0.237 e. The number of halogens is 1. The van der Waals surface area contributed by atoms with Gasteiger partial charge >= 0.3 is 0 Å². The number of hydrogen-bond donors (Lipinski definition) is 1. The van der Waals surface area contributed by atoms with Gasteiger partial charge in [-0.1, -0.05) is 0 Å². The Balaban J connectivity index is 3.14. The van der Waals surface area contributed by atoms with Crippen molar-refractivity contribution in [2.75, 3.05) is 5.88 Å². The number of carbonyl (C=O) groups is 2. The Morgan fingerprint density at radius 3 is 2.53 bits per heavy atom. The van der Waals surface area contributed by atoms with Crippen LogP contribution in [0.5, 0.6) is 0 Å². The highest BCUT2D eigenvalue weighted by Gasteiger charge is 2.15. The second-order valence-electron chi connectivity index (χ2n) is 3.39. The smallest absolute Gasteiger partial charge is 0.237 e. The summed E-state index contributed by atoms with van der Waals surface area (Å²) in [6.45, 7) is 3.68. The van der Waals surface area contributed by atoms with Crippen molar-refractivity contribution in [3.8, 4) is 0 Å². The largest absolute Gasteiger partial charge is 0.368 e. The van der Waals surface area contributed by atoms with Gasteiger partial charge in [-0.2, -0.15) is 0 Å². The summed E-state index contributed by atoms with van der Waals surface area (Å²) in [6.07, 6.45) is 0. The summed E-state index contributed by atoms with van der Waals surface area (Å²) in [4.78, 5) is 22.2. The van der Waals surface area contributed by atoms with Gasteiger partial charge in [0.05, 0.1) is 5.88 Å². The number of rotatable bonds is 4. The van der Waals surface area contributed by atoms with Crippen molar-refractivity contribution in [1.82, 2.24) is 4.57 Å². The van der Waals surface area contributed by atoms with E-state index in [1.165, 1.54) is 0 Å². The number of aromatic nitrogens is 1. The van der Waals surface area contributed by atoms with E-state index in [0.29, 0.717) is 5.56 Å². The van der Waals surface area contributed by atoms with Crippen LogP contribution in [0, 0.1) is 13.8 Å². The van der Waals surface area contributed by atoms with Gasteiger partial charge in [-0.25, -0.2) is 0 Å². The third kappa shape index (κ3) is 2.39. The Morgan fingerprint density at radius 2 is 2.07 bits per heavy atom. The van der Waals surface area contributed by atoms with Crippen molar-refractivity contribution in [2.24, 2.45) is 5.73 Å². The molecule has 0 bridgehead atoms. The van der Waals surface area contributed by atoms with Crippen LogP contribution in [0.25, 0.3) is 0 Å². The minimum absolute atomic E-state index is 0.0547. The number of primary amides is 1. The zero-order valence-electron chi connectivity index (χ0n) is 8.71. The summed E-state index contributed by atoms with van der Waals surface area (Å²) in [7, 11) is 0. The third-order valence-corrected chi connectivity index (χ3v) is 2.55. The lowest BCUT2D eigenvalue weighted by atomic mass is 10.2. The molecule has 0 fully saturated rings. The Bertz CT molecular complexity index is 410. The van der Waals surface area contributed by atoms with Crippen LogP contribution in [-0.2, 0) is 11.3 Å². The highest BCUT2D eigenvalue weighted by Crippen LogP contribution is 2.15. The Morgan fingerprint density at radius 1 is 1.47 bits per heavy atom. The molecule has 1 aromatic rings. The molecule has 0 aliphatic carbocycles. The average Bonchev–Trinajstić information content (AvgIpc) is 2.44. The molecule has 15 heavy (non-hydrogen) atoms. The molecular formula is C10H13ClN2O2. The number of nitrogens with zero attached hydrogens (tertiary/aromatic N) is 1. The molecule has 0 aliphatic rings. The first-order valence-electron chi connectivity index (χ1n) is 4.51. The lowest BCUT2D eigenvalue weighted by molar-refractivity contribution is -0.118. The predicted molar refractivity (Wildman–Crippen MR) is 58.2 cm³/mol. The SMILES string of the molecule is Cc1cc(C(=O)CCl)c(C)n1CC(N)=O. The van der Waals surface area contributed by atoms with Crippen molar-refractivity contribution in [3.63, 3.8) is 0 Å². The number of carbonyl (C=O) groups excluding carboxylic acids is 2. The third-order valence-electron chi connectivity index (χ3n) is 2.31. The van der Waals surface area contributed by atoms with Gasteiger partial charge in [-0.3, -0.25) is 9.59 Å². The second kappa shape index (κ2) is 4.49. The lowest BCUT2D eigenvalue weighted by Crippen LogP contribution is -2.20. The molecule has 1 amide bonds. The highest BCUT2D eigenvalue weighted by molar-refractivity contribution is 6.30. The minimum Gasteiger partial charge on any atom is -0.368 e. The molecule has 0 spiro atoms. The van der Waals surface area contributed by atoms with Gasteiger partial charge in [-0.15, -0.1) is 11.6 Å². The standard InChI is InChI=1S/C10H13ClN2O2/c1-6-3-8(9(14)4-11)7(2)13(6)5-10(12)15/h3H,4-5H2,1-2H3,(H2,12,15). The number of nitrogens with two attached hydrogens (primary N) is 1. The molecule has 4 nitrogen and oxygen atoms in total. The Labute approximate surface area is 93.0 Å². The quantitative estimate of drug-likeness (QED) is 0.618. The first kappa shape index (κ1) is 11.8. The first-order valence-corrected chi connectivity index (χ1v) is 5.05. The van der Waals surface area contributed by atoms with Gasteiger partial charge in [0.2, 0.25) is 5.91 Å². The van der Waals surface area contributed by atoms with Crippen molar-refractivity contribution in [2.45, 2.75) is 20.4 Å². The van der Waals surface area contributed by atoms with Gasteiger partial charge in [0.25, 0.3) is 0 Å². The fraction of sp³-hybridized carbons (Fsp3) is 0.400. The molecule has 0 aliphatic heterocycles. The molecule has 1 rings (SSSR count). The molecule has 0 radical (unpaired) electrons. The number of ketones is 1. The summed E-state index contributed by atoms with van der Waals surface area (Å²) in [5.74, 6) is -0.622. The molecule has 82 valence electrons. The fourth-order valence-electron chi connectivity index (χ4n) is 1.55. The van der Waals surface area contributed by atoms with Crippen molar-refractivity contribution >= 4 is 23.3 Å². The van der Waals surface area contributed by atoms with Crippen LogP contribution in [0.3, 0.4) is 0 Å². The van der Waals surface area contributed by atoms with E-state index in [2.05, 4.69) is 0 Å². The molecule has 1 heterocycles. The van der Waals surface area contributed by atoms with E-state index in [4.69, 9.17) is 17.3 Å². The van der Waals surface area contributed by atoms with E-state index in [1.807, 2.05) is 6.92 Å². The van der Waals surface area contributed by atoms with Crippen molar-refractivity contribution < 1.29 is 9.59 Å². The zero-order valence-corrected chi connectivity index (χ0v) is 9.47. The Hall–Kier alpha value is -1.29. The summed E-state index contributed by atoms with van der Waals surface area (Å²) < 4.78 is 1.71. The van der Waals surface area contributed by atoms with Gasteiger partial charge in [0, 0.05) is 17.0 Å². The zero-order chi connectivity index (χ0) is 11.6. The van der Waals surface area contributed by atoms with Gasteiger partial charge < -0.3 is 10.3 Å². The van der Waals surface area contributed by atoms with E-state index < -0.39 is 5.91 Å². The maximum absolute atomic E-state index is 11.4. The van der Waals surface area contributed by atoms with E-state index in [-0.39, 0.29) is 18.2 Å². The van der Waals surface area contributed by atoms with Crippen LogP contribution >= 0.6 is 11.6 Å². The highest BCUT2D eigenvalue weighted by atomic mass is 35.5. The average molecular weight is 229 g/mol. The number of hydrogen-bond acceptors (Lipinski definition) is 2. The van der Waals surface area contributed by atoms with E-state index in [0.717, 1.165) is 11.4 Å². The molecule has 0 unspecified atom stereocenters. The number of alkyl halides is 1. The van der Waals surface area contributed by atoms with Crippen molar-refractivity contribution in [1.29, 1.82) is 0 Å². The van der Waals surface area contributed by atoms with Crippen molar-refractivity contribution in [3.05, 3.63) is 23.0 Å². The minimum atomic E-state index is -0.429. The number of Topliss-reactive ketones (excluding diaryl/α,β-unsaturated/α-hetero) is 1. The Kier molecular flexibility index (Phi) is 3.52. The monoisotopic (exact) mass is 228 g/mol. The van der Waals surface area contributed by atoms with Crippen LogP contribution in [0.1, 0.15) is 21.7 Å². The van der Waals surface area contributed by atoms with E-state index >= 15 is 0 Å². The summed E-state index contributed by atoms with van der Waals surface area (Å²) >= 11 is 5.48.